The van der Waals surface area contributed by atoms with Gasteiger partial charge in [-0.2, -0.15) is 5.10 Å². The summed E-state index contributed by atoms with van der Waals surface area (Å²) in [4.78, 5) is 31.1. The molecule has 0 saturated heterocycles. The zero-order valence-corrected chi connectivity index (χ0v) is 18.1. The predicted molar refractivity (Wildman–Crippen MR) is 115 cm³/mol. The van der Waals surface area contributed by atoms with Crippen molar-refractivity contribution in [2.45, 2.75) is 33.4 Å². The normalized spacial score (nSPS) is 16.4. The zero-order valence-electron chi connectivity index (χ0n) is 17.2. The Morgan fingerprint density at radius 2 is 2.00 bits per heavy atom. The van der Waals surface area contributed by atoms with Crippen molar-refractivity contribution in [3.63, 3.8) is 0 Å². The maximum absolute atomic E-state index is 13.4. The molecule has 7 nitrogen and oxygen atoms in total. The fraction of sp³-hybridized carbons (Fsp3) is 0.273. The number of thiazole rings is 1. The summed E-state index contributed by atoms with van der Waals surface area (Å²) >= 11 is 1.31. The van der Waals surface area contributed by atoms with Crippen molar-refractivity contribution < 1.29 is 9.53 Å². The third-order valence-corrected chi connectivity index (χ3v) is 6.25. The molecule has 0 N–H and O–H groups in total. The van der Waals surface area contributed by atoms with Crippen LogP contribution < -0.4 is 14.9 Å². The van der Waals surface area contributed by atoms with Crippen LogP contribution in [0.3, 0.4) is 0 Å². The number of aromatic nitrogens is 3. The van der Waals surface area contributed by atoms with Gasteiger partial charge in [0.2, 0.25) is 0 Å². The van der Waals surface area contributed by atoms with Gasteiger partial charge in [0.05, 0.1) is 35.2 Å². The molecule has 0 saturated carbocycles. The van der Waals surface area contributed by atoms with Crippen molar-refractivity contribution in [3.8, 4) is 0 Å². The zero-order chi connectivity index (χ0) is 21.4. The molecular weight excluding hydrogens is 400 g/mol. The number of aryl methyl sites for hydroxylation is 1. The molecule has 1 aliphatic heterocycles. The first kappa shape index (κ1) is 20.0. The molecule has 4 rings (SSSR count). The molecule has 0 spiro atoms. The summed E-state index contributed by atoms with van der Waals surface area (Å²) in [5, 5.41) is 4.35. The van der Waals surface area contributed by atoms with Crippen molar-refractivity contribution in [2.24, 2.45) is 4.99 Å². The van der Waals surface area contributed by atoms with E-state index >= 15 is 0 Å². The van der Waals surface area contributed by atoms with Gasteiger partial charge in [-0.1, -0.05) is 41.7 Å². The van der Waals surface area contributed by atoms with Gasteiger partial charge in [-0.15, -0.1) is 0 Å². The SMILES string of the molecule is CCn1ncc(C=c2sc3n(c2=O)C(c2ccccc2)C(C(=O)OC)=C(C)N=3)c1C. The second kappa shape index (κ2) is 7.87. The van der Waals surface area contributed by atoms with Gasteiger partial charge in [0.1, 0.15) is 0 Å². The molecule has 3 heterocycles. The summed E-state index contributed by atoms with van der Waals surface area (Å²) in [6.07, 6.45) is 3.61. The fourth-order valence-corrected chi connectivity index (χ4v) is 4.74. The van der Waals surface area contributed by atoms with Crippen molar-refractivity contribution in [2.75, 3.05) is 7.11 Å². The summed E-state index contributed by atoms with van der Waals surface area (Å²) < 4.78 is 9.03. The van der Waals surface area contributed by atoms with E-state index in [1.54, 1.807) is 17.7 Å². The average molecular weight is 423 g/mol. The molecule has 0 bridgehead atoms. The lowest BCUT2D eigenvalue weighted by Crippen LogP contribution is -2.39. The number of nitrogens with zero attached hydrogens (tertiary/aromatic N) is 4. The van der Waals surface area contributed by atoms with Gasteiger partial charge in [-0.25, -0.2) is 9.79 Å². The Morgan fingerprint density at radius 3 is 2.63 bits per heavy atom. The Hall–Kier alpha value is -3.26. The van der Waals surface area contributed by atoms with E-state index in [1.807, 2.05) is 54.9 Å². The lowest BCUT2D eigenvalue weighted by Gasteiger charge is -2.24. The lowest BCUT2D eigenvalue weighted by molar-refractivity contribution is -0.136. The number of carbonyl (C=O) groups excluding carboxylic acids is 1. The summed E-state index contributed by atoms with van der Waals surface area (Å²) in [6, 6.07) is 8.89. The molecule has 1 unspecified atom stereocenters. The monoisotopic (exact) mass is 422 g/mol. The van der Waals surface area contributed by atoms with E-state index in [4.69, 9.17) is 4.74 Å². The highest BCUT2D eigenvalue weighted by Gasteiger charge is 2.32. The topological polar surface area (TPSA) is 78.5 Å². The molecule has 2 aromatic heterocycles. The van der Waals surface area contributed by atoms with Gasteiger partial charge in [0, 0.05) is 17.8 Å². The van der Waals surface area contributed by atoms with E-state index in [0.29, 0.717) is 20.6 Å². The molecule has 0 fully saturated rings. The Morgan fingerprint density at radius 1 is 1.27 bits per heavy atom. The number of carbonyl (C=O) groups is 1. The van der Waals surface area contributed by atoms with Gasteiger partial charge in [-0.3, -0.25) is 14.0 Å². The number of benzene rings is 1. The van der Waals surface area contributed by atoms with Crippen LogP contribution in [0.2, 0.25) is 0 Å². The first-order valence-corrected chi connectivity index (χ1v) is 10.5. The molecule has 1 aromatic carbocycles. The van der Waals surface area contributed by atoms with Gasteiger partial charge in [-0.05, 0) is 32.4 Å². The van der Waals surface area contributed by atoms with E-state index in [0.717, 1.165) is 23.4 Å². The highest BCUT2D eigenvalue weighted by Crippen LogP contribution is 2.30. The van der Waals surface area contributed by atoms with Crippen LogP contribution in [-0.2, 0) is 16.1 Å². The maximum atomic E-state index is 13.4. The fourth-order valence-electron chi connectivity index (χ4n) is 3.71. The molecular formula is C22H22N4O3S. The van der Waals surface area contributed by atoms with Crippen molar-refractivity contribution in [1.82, 2.24) is 14.3 Å². The van der Waals surface area contributed by atoms with Crippen LogP contribution >= 0.6 is 11.3 Å². The van der Waals surface area contributed by atoms with Gasteiger partial charge >= 0.3 is 5.97 Å². The largest absolute Gasteiger partial charge is 0.466 e. The van der Waals surface area contributed by atoms with Crippen LogP contribution in [-0.4, -0.2) is 27.4 Å². The molecule has 154 valence electrons. The minimum Gasteiger partial charge on any atom is -0.466 e. The van der Waals surface area contributed by atoms with Gasteiger partial charge < -0.3 is 4.74 Å². The van der Waals surface area contributed by atoms with E-state index in [9.17, 15) is 9.59 Å². The first-order valence-electron chi connectivity index (χ1n) is 9.64. The number of ether oxygens (including phenoxy) is 1. The number of esters is 1. The minimum atomic E-state index is -0.587. The molecule has 8 heteroatoms. The predicted octanol–water partition coefficient (Wildman–Crippen LogP) is 1.93. The number of hydrogen-bond acceptors (Lipinski definition) is 6. The molecule has 1 aliphatic rings. The van der Waals surface area contributed by atoms with E-state index < -0.39 is 12.0 Å². The van der Waals surface area contributed by atoms with E-state index in [-0.39, 0.29) is 5.56 Å². The number of rotatable bonds is 4. The van der Waals surface area contributed by atoms with E-state index in [1.165, 1.54) is 18.4 Å². The van der Waals surface area contributed by atoms with Crippen molar-refractivity contribution in [1.29, 1.82) is 0 Å². The number of methoxy groups -OCH3 is 1. The third-order valence-electron chi connectivity index (χ3n) is 5.27. The van der Waals surface area contributed by atoms with Crippen LogP contribution in [0.25, 0.3) is 6.08 Å². The maximum Gasteiger partial charge on any atom is 0.338 e. The minimum absolute atomic E-state index is 0.190. The summed E-state index contributed by atoms with van der Waals surface area (Å²) in [6.45, 7) is 6.53. The van der Waals surface area contributed by atoms with Gasteiger partial charge in [0.15, 0.2) is 4.80 Å². The second-order valence-electron chi connectivity index (χ2n) is 6.99. The molecule has 30 heavy (non-hydrogen) atoms. The number of hydrogen-bond donors (Lipinski definition) is 0. The lowest BCUT2D eigenvalue weighted by atomic mass is 9.96. The molecule has 3 aromatic rings. The van der Waals surface area contributed by atoms with Crippen LogP contribution in [0.1, 0.15) is 36.7 Å². The number of fused-ring (bicyclic) bond motifs is 1. The molecule has 0 amide bonds. The summed E-state index contributed by atoms with van der Waals surface area (Å²) in [7, 11) is 1.34. The molecule has 0 radical (unpaired) electrons. The van der Waals surface area contributed by atoms with Crippen LogP contribution in [0.5, 0.6) is 0 Å². The van der Waals surface area contributed by atoms with E-state index in [2.05, 4.69) is 10.1 Å². The average Bonchev–Trinajstić information content (AvgIpc) is 3.26. The summed E-state index contributed by atoms with van der Waals surface area (Å²) in [5.74, 6) is -0.487. The molecule has 1 atom stereocenters. The highest BCUT2D eigenvalue weighted by molar-refractivity contribution is 7.07. The van der Waals surface area contributed by atoms with Crippen molar-refractivity contribution in [3.05, 3.63) is 84.3 Å². The Labute approximate surface area is 177 Å². The highest BCUT2D eigenvalue weighted by atomic mass is 32.1. The van der Waals surface area contributed by atoms with Crippen LogP contribution in [0, 0.1) is 6.92 Å². The Balaban J connectivity index is 1.97. The van der Waals surface area contributed by atoms with Gasteiger partial charge in [0.25, 0.3) is 5.56 Å². The quantitative estimate of drug-likeness (QED) is 0.602. The standard InChI is InChI=1S/C22H22N4O3S/c1-5-25-14(3)16(12-23-25)11-17-20(27)26-19(15-9-7-6-8-10-15)18(21(28)29-4)13(2)24-22(26)30-17/h6-12,19H,5H2,1-4H3. The third kappa shape index (κ3) is 3.23. The Bertz CT molecular complexity index is 1330. The second-order valence-corrected chi connectivity index (χ2v) is 7.99. The first-order chi connectivity index (χ1) is 14.5. The molecule has 0 aliphatic carbocycles. The smallest absolute Gasteiger partial charge is 0.338 e. The Kier molecular flexibility index (Phi) is 5.26. The number of allylic oxidation sites excluding steroid dienone is 1. The van der Waals surface area contributed by atoms with Crippen LogP contribution in [0.15, 0.2) is 57.6 Å². The van der Waals surface area contributed by atoms with Crippen molar-refractivity contribution >= 4 is 23.4 Å². The summed E-state index contributed by atoms with van der Waals surface area (Å²) in [5.41, 5.74) is 3.45. The van der Waals surface area contributed by atoms with Crippen LogP contribution in [0.4, 0.5) is 0 Å².